The van der Waals surface area contributed by atoms with Crippen LogP contribution in [0.25, 0.3) is 71.7 Å². The van der Waals surface area contributed by atoms with Gasteiger partial charge in [0, 0.05) is 58.0 Å². The van der Waals surface area contributed by atoms with E-state index in [1.54, 1.807) is 11.3 Å². The molecule has 0 saturated carbocycles. The summed E-state index contributed by atoms with van der Waals surface area (Å²) in [5, 5.41) is 5.44. The van der Waals surface area contributed by atoms with Crippen LogP contribution >= 0.6 is 11.3 Å². The topological polar surface area (TPSA) is 48.5 Å². The first-order valence-corrected chi connectivity index (χ1v) is 14.0. The van der Waals surface area contributed by atoms with Crippen LogP contribution in [0.3, 0.4) is 0 Å². The van der Waals surface area contributed by atoms with Gasteiger partial charge in [-0.15, -0.1) is 11.3 Å². The highest BCUT2D eigenvalue weighted by Crippen LogP contribution is 2.38. The van der Waals surface area contributed by atoms with Crippen LogP contribution in [-0.2, 0) is 7.05 Å². The number of aryl methyl sites for hydroxylation is 1. The van der Waals surface area contributed by atoms with Crippen LogP contribution in [0, 0.1) is 0 Å². The Kier molecular flexibility index (Phi) is 5.15. The van der Waals surface area contributed by atoms with Crippen LogP contribution in [-0.4, -0.2) is 24.1 Å². The van der Waals surface area contributed by atoms with E-state index >= 15 is 0 Å². The normalized spacial score (nSPS) is 11.6. The summed E-state index contributed by atoms with van der Waals surface area (Å²) in [5.41, 5.74) is 9.70. The number of pyridine rings is 1. The van der Waals surface area contributed by atoms with Crippen molar-refractivity contribution in [3.63, 3.8) is 0 Å². The van der Waals surface area contributed by atoms with Crippen LogP contribution in [0.5, 0.6) is 0 Å². The van der Waals surface area contributed by atoms with Gasteiger partial charge < -0.3 is 9.13 Å². The molecule has 0 saturated heterocycles. The number of hydrogen-bond donors (Lipinski definition) is 0. The lowest BCUT2D eigenvalue weighted by atomic mass is 10.1. The molecule has 0 aliphatic carbocycles. The van der Waals surface area contributed by atoms with Gasteiger partial charge in [0.15, 0.2) is 0 Å². The van der Waals surface area contributed by atoms with Gasteiger partial charge in [-0.3, -0.25) is 4.98 Å². The standard InChI is InChI=1S/C34H23N5S/c1-38-30-11-3-2-10-29(30)37-33(38)23-12-14-26-27-15-13-24(34-36-17-18-40-34)21-32(27)39(31(26)20-23)25-8-6-7-22(19-25)28-9-4-5-16-35-28/h2-21H,1H3. The highest BCUT2D eigenvalue weighted by Gasteiger charge is 2.17. The average molecular weight is 534 g/mol. The molecule has 0 atom stereocenters. The molecule has 0 bridgehead atoms. The maximum atomic E-state index is 4.99. The molecule has 0 aliphatic heterocycles. The van der Waals surface area contributed by atoms with Gasteiger partial charge in [-0.25, -0.2) is 9.97 Å². The van der Waals surface area contributed by atoms with Crippen LogP contribution in [0.1, 0.15) is 0 Å². The lowest BCUT2D eigenvalue weighted by molar-refractivity contribution is 0.959. The largest absolute Gasteiger partial charge is 0.327 e. The van der Waals surface area contributed by atoms with Gasteiger partial charge in [0.25, 0.3) is 0 Å². The molecular formula is C34H23N5S. The van der Waals surface area contributed by atoms with E-state index in [9.17, 15) is 0 Å². The third kappa shape index (κ3) is 3.57. The summed E-state index contributed by atoms with van der Waals surface area (Å²) in [6.45, 7) is 0. The van der Waals surface area contributed by atoms with Gasteiger partial charge in [-0.1, -0.05) is 54.6 Å². The van der Waals surface area contributed by atoms with Crippen LogP contribution in [0.15, 0.2) is 121 Å². The molecule has 0 N–H and O–H groups in total. The lowest BCUT2D eigenvalue weighted by Gasteiger charge is -2.11. The number of benzene rings is 4. The van der Waals surface area contributed by atoms with Crippen LogP contribution in [0.4, 0.5) is 0 Å². The lowest BCUT2D eigenvalue weighted by Crippen LogP contribution is -1.96. The molecule has 8 rings (SSSR count). The number of imidazole rings is 1. The first-order chi connectivity index (χ1) is 19.7. The zero-order chi connectivity index (χ0) is 26.6. The molecule has 4 heterocycles. The predicted octanol–water partition coefficient (Wildman–Crippen LogP) is 8.52. The number of hydrogen-bond acceptors (Lipinski definition) is 4. The smallest absolute Gasteiger partial charge is 0.140 e. The second kappa shape index (κ2) is 9.00. The molecule has 0 spiro atoms. The van der Waals surface area contributed by atoms with E-state index in [4.69, 9.17) is 4.98 Å². The molecule has 6 heteroatoms. The summed E-state index contributed by atoms with van der Waals surface area (Å²) in [5.74, 6) is 0.950. The SMILES string of the molecule is Cn1c(-c2ccc3c4ccc(-c5nccs5)cc4n(-c4cccc(-c5ccccn5)c4)c3c2)nc2ccccc21. The predicted molar refractivity (Wildman–Crippen MR) is 165 cm³/mol. The van der Waals surface area contributed by atoms with Crippen molar-refractivity contribution in [3.05, 3.63) is 121 Å². The fourth-order valence-electron chi connectivity index (χ4n) is 5.68. The number of thiazole rings is 1. The molecule has 4 aromatic carbocycles. The first-order valence-electron chi connectivity index (χ1n) is 13.2. The molecule has 0 fully saturated rings. The van der Waals surface area contributed by atoms with E-state index in [0.29, 0.717) is 0 Å². The van der Waals surface area contributed by atoms with Gasteiger partial charge in [0.1, 0.15) is 10.8 Å². The maximum absolute atomic E-state index is 4.99. The van der Waals surface area contributed by atoms with Gasteiger partial charge in [-0.05, 0) is 48.5 Å². The molecular weight excluding hydrogens is 510 g/mol. The van der Waals surface area contributed by atoms with Crippen molar-refractivity contribution in [2.45, 2.75) is 0 Å². The Balaban J connectivity index is 1.41. The zero-order valence-corrected chi connectivity index (χ0v) is 22.5. The number of aromatic nitrogens is 5. The summed E-state index contributed by atoms with van der Waals surface area (Å²) in [4.78, 5) is 14.2. The maximum Gasteiger partial charge on any atom is 0.140 e. The number of fused-ring (bicyclic) bond motifs is 4. The van der Waals surface area contributed by atoms with E-state index in [2.05, 4.69) is 111 Å². The second-order valence-corrected chi connectivity index (χ2v) is 10.8. The third-order valence-electron chi connectivity index (χ3n) is 7.56. The molecule has 8 aromatic rings. The zero-order valence-electron chi connectivity index (χ0n) is 21.7. The summed E-state index contributed by atoms with van der Waals surface area (Å²) in [6.07, 6.45) is 3.70. The van der Waals surface area contributed by atoms with Crippen LogP contribution < -0.4 is 0 Å². The number of para-hydroxylation sites is 2. The Morgan fingerprint density at radius 2 is 1.43 bits per heavy atom. The monoisotopic (exact) mass is 533 g/mol. The molecule has 0 radical (unpaired) electrons. The fraction of sp³-hybridized carbons (Fsp3) is 0.0294. The number of rotatable bonds is 4. The number of nitrogens with zero attached hydrogens (tertiary/aromatic N) is 5. The molecule has 0 amide bonds. The molecule has 4 aromatic heterocycles. The van der Waals surface area contributed by atoms with Crippen molar-refractivity contribution < 1.29 is 0 Å². The third-order valence-corrected chi connectivity index (χ3v) is 8.38. The minimum Gasteiger partial charge on any atom is -0.327 e. The van der Waals surface area contributed by atoms with E-state index in [-0.39, 0.29) is 0 Å². The van der Waals surface area contributed by atoms with Crippen LogP contribution in [0.2, 0.25) is 0 Å². The van der Waals surface area contributed by atoms with Crippen molar-refractivity contribution in [1.29, 1.82) is 0 Å². The van der Waals surface area contributed by atoms with Gasteiger partial charge in [0.05, 0.1) is 27.8 Å². The highest BCUT2D eigenvalue weighted by molar-refractivity contribution is 7.13. The van der Waals surface area contributed by atoms with E-state index in [1.807, 2.05) is 36.0 Å². The second-order valence-electron chi connectivity index (χ2n) is 9.88. The molecule has 5 nitrogen and oxygen atoms in total. The molecule has 190 valence electrons. The summed E-state index contributed by atoms with van der Waals surface area (Å²) in [6, 6.07) is 36.3. The molecule has 40 heavy (non-hydrogen) atoms. The van der Waals surface area contributed by atoms with Crippen molar-refractivity contribution in [3.8, 4) is 38.9 Å². The Labute approximate surface area is 234 Å². The highest BCUT2D eigenvalue weighted by atomic mass is 32.1. The summed E-state index contributed by atoms with van der Waals surface area (Å²) >= 11 is 1.66. The summed E-state index contributed by atoms with van der Waals surface area (Å²) in [7, 11) is 2.08. The average Bonchev–Trinajstić information content (AvgIpc) is 3.74. The van der Waals surface area contributed by atoms with Crippen molar-refractivity contribution >= 4 is 44.2 Å². The summed E-state index contributed by atoms with van der Waals surface area (Å²) < 4.78 is 4.53. The minimum absolute atomic E-state index is 0.950. The quantitative estimate of drug-likeness (QED) is 0.228. The Bertz CT molecular complexity index is 2170. The first kappa shape index (κ1) is 22.9. The molecule has 0 aliphatic rings. The Morgan fingerprint density at radius 3 is 2.20 bits per heavy atom. The minimum atomic E-state index is 0.950. The van der Waals surface area contributed by atoms with E-state index < -0.39 is 0 Å². The van der Waals surface area contributed by atoms with Gasteiger partial charge in [-0.2, -0.15) is 0 Å². The van der Waals surface area contributed by atoms with Crippen molar-refractivity contribution in [2.24, 2.45) is 7.05 Å². The Morgan fingerprint density at radius 1 is 0.625 bits per heavy atom. The van der Waals surface area contributed by atoms with E-state index in [0.717, 1.165) is 61.0 Å². The Hall–Kier alpha value is -5.07. The fourth-order valence-corrected chi connectivity index (χ4v) is 6.31. The van der Waals surface area contributed by atoms with Crippen molar-refractivity contribution in [1.82, 2.24) is 24.1 Å². The van der Waals surface area contributed by atoms with Gasteiger partial charge >= 0.3 is 0 Å². The van der Waals surface area contributed by atoms with E-state index in [1.165, 1.54) is 10.8 Å². The van der Waals surface area contributed by atoms with Gasteiger partial charge in [0.2, 0.25) is 0 Å². The molecule has 0 unspecified atom stereocenters. The van der Waals surface area contributed by atoms with Crippen molar-refractivity contribution in [2.75, 3.05) is 0 Å².